The normalized spacial score (nSPS) is 13.5. The summed E-state index contributed by atoms with van der Waals surface area (Å²) < 4.78 is 60.0. The van der Waals surface area contributed by atoms with Gasteiger partial charge in [-0.25, -0.2) is 18.7 Å². The molecule has 0 amide bonds. The molecular weight excluding hydrogens is 2770 g/mol. The fraction of sp³-hybridized carbons (Fsp3) is 0.440. The zero-order valence-corrected chi connectivity index (χ0v) is 100.0. The number of aliphatic hydroxyl groups excluding tert-OH is 8. The van der Waals surface area contributed by atoms with Crippen molar-refractivity contribution >= 4 is 227 Å². The largest absolute Gasteiger partial charge is 0.493 e. The second-order valence-corrected chi connectivity index (χ2v) is 46.0. The molecule has 8 N–H and O–H groups in total. The van der Waals surface area contributed by atoms with Crippen LogP contribution in [-0.4, -0.2) is 202 Å². The molecular formula is C100H120Cl4I8N12O16. The minimum Gasteiger partial charge on any atom is -0.493 e. The molecule has 8 aromatic carbocycles. The monoisotopic (exact) mass is 2880 g/mol. The Kier molecular flexibility index (Phi) is 49.1. The maximum absolute atomic E-state index is 10.4. The second kappa shape index (κ2) is 57.8. The minimum absolute atomic E-state index is 0.118. The van der Waals surface area contributed by atoms with E-state index in [9.17, 15) is 40.9 Å². The highest BCUT2D eigenvalue weighted by Gasteiger charge is 2.31. The minimum atomic E-state index is -0.767. The van der Waals surface area contributed by atoms with Crippen LogP contribution in [0.1, 0.15) is 150 Å². The molecule has 760 valence electrons. The average molecular weight is 2890 g/mol. The van der Waals surface area contributed by atoms with Gasteiger partial charge in [0.1, 0.15) is 134 Å². The molecule has 0 fully saturated rings. The van der Waals surface area contributed by atoms with Gasteiger partial charge in [-0.1, -0.05) is 177 Å². The van der Waals surface area contributed by atoms with Gasteiger partial charge in [-0.3, -0.25) is 0 Å². The second-order valence-electron chi connectivity index (χ2n) is 36.0. The molecule has 12 rings (SSSR count). The van der Waals surface area contributed by atoms with Crippen LogP contribution in [0.3, 0.4) is 0 Å². The van der Waals surface area contributed by atoms with Crippen LogP contribution in [0.2, 0.25) is 0 Å². The lowest BCUT2D eigenvalue weighted by atomic mass is 9.78. The molecule has 0 aliphatic carbocycles. The summed E-state index contributed by atoms with van der Waals surface area (Å²) in [4.78, 5) is 0. The fourth-order valence-corrected chi connectivity index (χ4v) is 19.0. The number of nitrogens with zero attached hydrogens (tertiary/aromatic N) is 12. The number of alkyl halides is 4. The highest BCUT2D eigenvalue weighted by atomic mass is 127. The van der Waals surface area contributed by atoms with Crippen LogP contribution in [0.15, 0.2) is 170 Å². The zero-order chi connectivity index (χ0) is 102. The SMILES string of the molecule is CC(CCl)COc1ccc(C(C)(C)c2ccc(OCC(O)Cn3nnc(CO)c3[123I])cc2)cc1I.C[C@@H](CCl)COc1ccc(C(C)(C)c2ccc(OC[C@H](O)Cn3nnc(CO)c3I)c([123I])c2)cc1.C[C@H](CCl)COc1ccc(C(C)(C)c2ccc(OC[C@@H](O)Cn3nnc(CO)c3I)c([123I])c2)cc1.C[C@H](CCl)COc1ccc(C(C)(C)c2ccc(OC[C@H](O)Cn3nnc(CO)c3[123I])cc2)cc1I. The van der Waals surface area contributed by atoms with E-state index in [1.165, 1.54) is 22.3 Å². The Balaban J connectivity index is 0.000000209. The molecule has 0 aliphatic heterocycles. The summed E-state index contributed by atoms with van der Waals surface area (Å²) in [5.41, 5.74) is 10.5. The first-order valence-electron chi connectivity index (χ1n) is 45.0. The lowest BCUT2D eigenvalue weighted by Crippen LogP contribution is -2.25. The quantitative estimate of drug-likeness (QED) is 0.0130. The molecule has 2 unspecified atom stereocenters. The van der Waals surface area contributed by atoms with Crippen molar-refractivity contribution in [3.8, 4) is 46.0 Å². The molecule has 0 radical (unpaired) electrons. The van der Waals surface area contributed by atoms with E-state index in [1.54, 1.807) is 18.7 Å². The fourth-order valence-electron chi connectivity index (χ4n) is 13.7. The summed E-state index contributed by atoms with van der Waals surface area (Å²) in [5, 5.41) is 110. The average Bonchev–Trinajstić information content (AvgIpc) is 1.32. The van der Waals surface area contributed by atoms with Crippen LogP contribution in [0.5, 0.6) is 46.0 Å². The first-order chi connectivity index (χ1) is 66.6. The Morgan fingerprint density at radius 3 is 0.750 bits per heavy atom. The number of aromatic nitrogens is 12. The third-order valence-corrected chi connectivity index (χ3v) is 33.1. The van der Waals surface area contributed by atoms with Gasteiger partial charge in [-0.05, 0) is 322 Å². The van der Waals surface area contributed by atoms with Crippen LogP contribution < -0.4 is 37.9 Å². The summed E-state index contributed by atoms with van der Waals surface area (Å²) in [6, 6.07) is 57.1. The number of halogens is 12. The summed E-state index contributed by atoms with van der Waals surface area (Å²) in [6.07, 6.45) is -3.06. The standard InChI is InChI=1S/4C25H30ClI2N3O4/c2*1-16(11-26)14-35-23-9-6-18(10-21(23)27)25(2,3)17-4-7-20(8-5-17)34-15-19(33)12-31-24(28)22(13-32)29-30-31;2*1-16(11-26)14-34-20-7-4-17(5-8-20)25(2,3)18-6-9-23(21(27)10-18)35-15-19(33)12-31-24(28)22(13-32)29-30-31/h4*4-10,16,19,32-33H,11-15H2,1-3H3/t16-,19-;;2*16-,19+/m1.10/s1/i2*28-4;2*27-4. The first-order valence-corrected chi connectivity index (χ1v) is 55.7. The molecule has 4 aromatic heterocycles. The number of rotatable bonds is 48. The van der Waals surface area contributed by atoms with E-state index in [-0.39, 0.29) is 101 Å². The van der Waals surface area contributed by atoms with Crippen molar-refractivity contribution in [1.29, 1.82) is 0 Å². The molecule has 0 bridgehead atoms. The predicted molar refractivity (Wildman–Crippen MR) is 613 cm³/mol. The van der Waals surface area contributed by atoms with E-state index in [2.05, 4.69) is 402 Å². The van der Waals surface area contributed by atoms with E-state index in [4.69, 9.17) is 84.3 Å². The lowest BCUT2D eigenvalue weighted by Gasteiger charge is -2.27. The molecule has 8 atom stereocenters. The van der Waals surface area contributed by atoms with Crippen LogP contribution in [-0.2, 0) is 74.3 Å². The smallest absolute Gasteiger partial charge is 0.132 e. The Morgan fingerprint density at radius 2 is 0.507 bits per heavy atom. The van der Waals surface area contributed by atoms with Gasteiger partial charge in [0, 0.05) is 68.9 Å². The molecule has 0 aliphatic rings. The Hall–Kier alpha value is -4.60. The number of benzene rings is 8. The van der Waals surface area contributed by atoms with Crippen LogP contribution in [0.25, 0.3) is 0 Å². The van der Waals surface area contributed by atoms with Crippen LogP contribution in [0, 0.1) is 52.8 Å². The lowest BCUT2D eigenvalue weighted by molar-refractivity contribution is 0.0876. The van der Waals surface area contributed by atoms with Crippen molar-refractivity contribution in [2.75, 3.05) is 76.4 Å². The van der Waals surface area contributed by atoms with Crippen molar-refractivity contribution in [3.63, 3.8) is 0 Å². The van der Waals surface area contributed by atoms with Gasteiger partial charge >= 0.3 is 0 Å². The summed E-state index contributed by atoms with van der Waals surface area (Å²) in [5.74, 6) is 9.74. The first kappa shape index (κ1) is 119. The molecule has 0 saturated carbocycles. The highest BCUT2D eigenvalue weighted by Crippen LogP contribution is 2.41. The third-order valence-electron chi connectivity index (χ3n) is 22.9. The molecule has 0 spiro atoms. The van der Waals surface area contributed by atoms with E-state index in [1.807, 2.05) is 72.8 Å². The van der Waals surface area contributed by atoms with E-state index in [0.29, 0.717) is 134 Å². The van der Waals surface area contributed by atoms with E-state index >= 15 is 0 Å². The number of aliphatic hydroxyl groups is 8. The van der Waals surface area contributed by atoms with Crippen LogP contribution in [0.4, 0.5) is 0 Å². The van der Waals surface area contributed by atoms with Gasteiger partial charge in [0.2, 0.25) is 0 Å². The van der Waals surface area contributed by atoms with E-state index in [0.717, 1.165) is 59.5 Å². The summed E-state index contributed by atoms with van der Waals surface area (Å²) >= 11 is 40.8. The summed E-state index contributed by atoms with van der Waals surface area (Å²) in [6.45, 7) is 28.8. The third kappa shape index (κ3) is 34.8. The Bertz CT molecular complexity index is 5480. The molecule has 12 aromatic rings. The molecule has 0 saturated heterocycles. The molecule has 28 nitrogen and oxygen atoms in total. The molecule has 4 heterocycles. The van der Waals surface area contributed by atoms with Gasteiger partial charge in [0.15, 0.2) is 0 Å². The van der Waals surface area contributed by atoms with Gasteiger partial charge in [-0.2, -0.15) is 0 Å². The number of hydrogen-bond acceptors (Lipinski definition) is 24. The van der Waals surface area contributed by atoms with Crippen molar-refractivity contribution in [2.45, 2.75) is 182 Å². The van der Waals surface area contributed by atoms with Gasteiger partial charge in [-0.15, -0.1) is 66.8 Å². The van der Waals surface area contributed by atoms with Crippen molar-refractivity contribution < 1.29 is 78.7 Å². The summed E-state index contributed by atoms with van der Waals surface area (Å²) in [7, 11) is 0. The zero-order valence-electron chi connectivity index (χ0n) is 79.7. The predicted octanol–water partition coefficient (Wildman–Crippen LogP) is 20.0. The van der Waals surface area contributed by atoms with Crippen LogP contribution >= 0.6 is 227 Å². The highest BCUT2D eigenvalue weighted by molar-refractivity contribution is 14.1. The van der Waals surface area contributed by atoms with Gasteiger partial charge in [0.25, 0.3) is 0 Å². The number of ether oxygens (including phenoxy) is 8. The van der Waals surface area contributed by atoms with Gasteiger partial charge < -0.3 is 78.7 Å². The van der Waals surface area contributed by atoms with Crippen molar-refractivity contribution in [2.24, 2.45) is 23.7 Å². The Morgan fingerprint density at radius 1 is 0.293 bits per heavy atom. The van der Waals surface area contributed by atoms with Crippen molar-refractivity contribution in [1.82, 2.24) is 60.0 Å². The van der Waals surface area contributed by atoms with E-state index < -0.39 is 24.4 Å². The molecule has 140 heavy (non-hydrogen) atoms. The topological polar surface area (TPSA) is 359 Å². The number of hydrogen-bond donors (Lipinski definition) is 8. The molecule has 40 heteroatoms. The van der Waals surface area contributed by atoms with Crippen molar-refractivity contribution in [3.05, 3.63) is 266 Å². The van der Waals surface area contributed by atoms with Gasteiger partial charge in [0.05, 0.1) is 93.3 Å². The maximum atomic E-state index is 10.4. The Labute approximate surface area is 948 Å². The maximum Gasteiger partial charge on any atom is 0.132 e.